The molecule has 0 unspecified atom stereocenters. The highest BCUT2D eigenvalue weighted by Crippen LogP contribution is 2.31. The molecule has 11 nitrogen and oxygen atoms in total. The molecule has 1 aliphatic heterocycles. The van der Waals surface area contributed by atoms with Gasteiger partial charge in [-0.3, -0.25) is 24.5 Å². The van der Waals surface area contributed by atoms with Gasteiger partial charge in [0.2, 0.25) is 17.7 Å². The molecule has 2 fully saturated rings. The first kappa shape index (κ1) is 36.6. The molecule has 0 spiro atoms. The molecular formula is C37H50N4O7. The van der Waals surface area contributed by atoms with Crippen molar-refractivity contribution in [1.29, 1.82) is 0 Å². The van der Waals surface area contributed by atoms with Crippen LogP contribution >= 0.6 is 0 Å². The van der Waals surface area contributed by atoms with Gasteiger partial charge in [0.25, 0.3) is 0 Å². The highest BCUT2D eigenvalue weighted by molar-refractivity contribution is 5.95. The number of amides is 3. The summed E-state index contributed by atoms with van der Waals surface area (Å²) >= 11 is 0. The van der Waals surface area contributed by atoms with Crippen molar-refractivity contribution in [3.63, 3.8) is 0 Å². The number of hydrogen-bond acceptors (Lipinski definition) is 7. The second-order valence-electron chi connectivity index (χ2n) is 13.9. The van der Waals surface area contributed by atoms with Gasteiger partial charge in [0.1, 0.15) is 23.7 Å². The number of rotatable bonds is 13. The standard InChI is InChI=1S/C37H50N4O7/c1-24(38-23-29(42)48-37(2,3)4)33(43)39-31(27-19-12-7-13-20-27)35(45)41-22-14-21-28(41)34(44)40-32(36(46)47)30(25-15-8-5-9-16-25)26-17-10-6-11-18-26/h5-6,8-11,15-18,24,27-28,30-32,38H,7,12-14,19-23H2,1-4H3,(H,39,43)(H,40,44)(H,46,47)/t24-,28-,31-,32-/m0/s1. The van der Waals surface area contributed by atoms with Crippen LogP contribution in [0.4, 0.5) is 0 Å². The van der Waals surface area contributed by atoms with Gasteiger partial charge in [-0.2, -0.15) is 0 Å². The van der Waals surface area contributed by atoms with Gasteiger partial charge in [-0.05, 0) is 70.4 Å². The maximum atomic E-state index is 14.3. The van der Waals surface area contributed by atoms with Crippen molar-refractivity contribution in [3.8, 4) is 0 Å². The summed E-state index contributed by atoms with van der Waals surface area (Å²) in [7, 11) is 0. The number of carbonyl (C=O) groups excluding carboxylic acids is 4. The third-order valence-electron chi connectivity index (χ3n) is 9.10. The Morgan fingerprint density at radius 3 is 1.98 bits per heavy atom. The van der Waals surface area contributed by atoms with Gasteiger partial charge < -0.3 is 25.4 Å². The van der Waals surface area contributed by atoms with Crippen LogP contribution < -0.4 is 16.0 Å². The van der Waals surface area contributed by atoms with Gasteiger partial charge in [0.15, 0.2) is 0 Å². The zero-order chi connectivity index (χ0) is 34.8. The van der Waals surface area contributed by atoms with Gasteiger partial charge in [-0.1, -0.05) is 79.9 Å². The lowest BCUT2D eigenvalue weighted by atomic mass is 9.83. The fourth-order valence-electron chi connectivity index (χ4n) is 6.75. The summed E-state index contributed by atoms with van der Waals surface area (Å²) < 4.78 is 5.32. The second-order valence-corrected chi connectivity index (χ2v) is 13.9. The Kier molecular flexibility index (Phi) is 12.7. The average Bonchev–Trinajstić information content (AvgIpc) is 3.56. The first-order valence-corrected chi connectivity index (χ1v) is 17.0. The molecule has 0 radical (unpaired) electrons. The van der Waals surface area contributed by atoms with Crippen LogP contribution in [0.1, 0.15) is 89.7 Å². The number of carbonyl (C=O) groups is 5. The molecule has 0 bridgehead atoms. The summed E-state index contributed by atoms with van der Waals surface area (Å²) in [4.78, 5) is 68.0. The number of carboxylic acids is 1. The van der Waals surface area contributed by atoms with E-state index in [9.17, 15) is 29.1 Å². The van der Waals surface area contributed by atoms with Crippen LogP contribution in [0.2, 0.25) is 0 Å². The van der Waals surface area contributed by atoms with Crippen LogP contribution in [0.15, 0.2) is 60.7 Å². The molecule has 48 heavy (non-hydrogen) atoms. The van der Waals surface area contributed by atoms with Crippen molar-refractivity contribution < 1.29 is 33.8 Å². The molecule has 4 N–H and O–H groups in total. The Bertz CT molecular complexity index is 1370. The Balaban J connectivity index is 1.51. The summed E-state index contributed by atoms with van der Waals surface area (Å²) in [6.45, 7) is 7.07. The van der Waals surface area contributed by atoms with Crippen LogP contribution in [-0.2, 0) is 28.7 Å². The Morgan fingerprint density at radius 2 is 1.44 bits per heavy atom. The zero-order valence-electron chi connectivity index (χ0n) is 28.4. The molecule has 4 rings (SSSR count). The van der Waals surface area contributed by atoms with Crippen molar-refractivity contribution in [2.24, 2.45) is 5.92 Å². The van der Waals surface area contributed by atoms with E-state index in [1.54, 1.807) is 27.7 Å². The molecule has 1 heterocycles. The minimum absolute atomic E-state index is 0.107. The van der Waals surface area contributed by atoms with E-state index >= 15 is 0 Å². The number of esters is 1. The van der Waals surface area contributed by atoms with Gasteiger partial charge >= 0.3 is 11.9 Å². The van der Waals surface area contributed by atoms with Crippen molar-refractivity contribution in [2.45, 2.75) is 108 Å². The van der Waals surface area contributed by atoms with E-state index in [0.717, 1.165) is 43.2 Å². The summed E-state index contributed by atoms with van der Waals surface area (Å²) in [6.07, 6.45) is 5.39. The molecule has 1 saturated heterocycles. The summed E-state index contributed by atoms with van der Waals surface area (Å²) in [5.74, 6) is -3.75. The lowest BCUT2D eigenvalue weighted by Crippen LogP contribution is -2.59. The maximum Gasteiger partial charge on any atom is 0.327 e. The van der Waals surface area contributed by atoms with Crippen LogP contribution in [0.3, 0.4) is 0 Å². The van der Waals surface area contributed by atoms with E-state index in [-0.39, 0.29) is 18.4 Å². The molecule has 2 aromatic carbocycles. The van der Waals surface area contributed by atoms with E-state index in [1.807, 2.05) is 60.7 Å². The van der Waals surface area contributed by atoms with E-state index < -0.39 is 59.4 Å². The van der Waals surface area contributed by atoms with Crippen molar-refractivity contribution in [1.82, 2.24) is 20.9 Å². The monoisotopic (exact) mass is 662 g/mol. The van der Waals surface area contributed by atoms with Crippen molar-refractivity contribution in [2.75, 3.05) is 13.1 Å². The fourth-order valence-corrected chi connectivity index (χ4v) is 6.75. The first-order chi connectivity index (χ1) is 22.9. The van der Waals surface area contributed by atoms with Crippen LogP contribution in [0.25, 0.3) is 0 Å². The van der Waals surface area contributed by atoms with Gasteiger partial charge in [-0.25, -0.2) is 4.79 Å². The lowest BCUT2D eigenvalue weighted by Gasteiger charge is -2.35. The predicted octanol–water partition coefficient (Wildman–Crippen LogP) is 3.76. The molecule has 260 valence electrons. The molecule has 3 amide bonds. The second kappa shape index (κ2) is 16.7. The summed E-state index contributed by atoms with van der Waals surface area (Å²) in [5.41, 5.74) is 0.825. The third kappa shape index (κ3) is 9.88. The summed E-state index contributed by atoms with van der Waals surface area (Å²) in [5, 5.41) is 19.0. The number of nitrogens with one attached hydrogen (secondary N) is 3. The number of likely N-dealkylation sites (tertiary alicyclic amines) is 1. The molecule has 1 saturated carbocycles. The molecule has 0 aromatic heterocycles. The van der Waals surface area contributed by atoms with Gasteiger partial charge in [-0.15, -0.1) is 0 Å². The minimum Gasteiger partial charge on any atom is -0.480 e. The van der Waals surface area contributed by atoms with Crippen LogP contribution in [0.5, 0.6) is 0 Å². The molecular weight excluding hydrogens is 612 g/mol. The Labute approximate surface area is 283 Å². The molecule has 2 aromatic rings. The SMILES string of the molecule is C[C@H](NCC(=O)OC(C)(C)C)C(=O)N[C@H](C(=O)N1CCC[C@H]1C(=O)N[C@H](C(=O)O)C(c1ccccc1)c1ccccc1)C1CCCCC1. The van der Waals surface area contributed by atoms with E-state index in [2.05, 4.69) is 16.0 Å². The number of ether oxygens (including phenoxy) is 1. The summed E-state index contributed by atoms with van der Waals surface area (Å²) in [6, 6.07) is 14.6. The minimum atomic E-state index is -1.29. The first-order valence-electron chi connectivity index (χ1n) is 17.0. The molecule has 4 atom stereocenters. The molecule has 1 aliphatic carbocycles. The smallest absolute Gasteiger partial charge is 0.327 e. The van der Waals surface area contributed by atoms with E-state index in [4.69, 9.17) is 4.74 Å². The zero-order valence-corrected chi connectivity index (χ0v) is 28.4. The fraction of sp³-hybridized carbons (Fsp3) is 0.541. The largest absolute Gasteiger partial charge is 0.480 e. The molecule has 2 aliphatic rings. The average molecular weight is 663 g/mol. The van der Waals surface area contributed by atoms with E-state index in [1.165, 1.54) is 4.90 Å². The van der Waals surface area contributed by atoms with Crippen LogP contribution in [-0.4, -0.2) is 82.5 Å². The number of hydrogen-bond donors (Lipinski definition) is 4. The highest BCUT2D eigenvalue weighted by atomic mass is 16.6. The van der Waals surface area contributed by atoms with Gasteiger partial charge in [0, 0.05) is 12.5 Å². The van der Waals surface area contributed by atoms with E-state index in [0.29, 0.717) is 19.4 Å². The number of carboxylic acid groups (broad SMARTS) is 1. The molecule has 11 heteroatoms. The quantitative estimate of drug-likeness (QED) is 0.237. The van der Waals surface area contributed by atoms with Crippen molar-refractivity contribution >= 4 is 29.7 Å². The number of benzene rings is 2. The van der Waals surface area contributed by atoms with Crippen LogP contribution in [0, 0.1) is 5.92 Å². The normalized spacial score (nSPS) is 18.9. The van der Waals surface area contributed by atoms with Crippen molar-refractivity contribution in [3.05, 3.63) is 71.8 Å². The van der Waals surface area contributed by atoms with Gasteiger partial charge in [0.05, 0.1) is 12.6 Å². The number of aliphatic carboxylic acids is 1. The Morgan fingerprint density at radius 1 is 0.854 bits per heavy atom. The number of nitrogens with zero attached hydrogens (tertiary/aromatic N) is 1. The Hall–Kier alpha value is -4.25. The topological polar surface area (TPSA) is 154 Å². The highest BCUT2D eigenvalue weighted by Gasteiger charge is 2.43. The maximum absolute atomic E-state index is 14.3. The predicted molar refractivity (Wildman–Crippen MR) is 181 cm³/mol. The third-order valence-corrected chi connectivity index (χ3v) is 9.10. The lowest BCUT2D eigenvalue weighted by molar-refractivity contribution is -0.154.